The number of para-hydroxylation sites is 1. The highest BCUT2D eigenvalue weighted by molar-refractivity contribution is 7.85. The van der Waals surface area contributed by atoms with Crippen LogP contribution < -0.4 is 4.74 Å². The fourth-order valence-electron chi connectivity index (χ4n) is 1.53. The van der Waals surface area contributed by atoms with Gasteiger partial charge in [0, 0.05) is 16.6 Å². The van der Waals surface area contributed by atoms with Crippen molar-refractivity contribution >= 4 is 16.6 Å². The first-order valence-electron chi connectivity index (χ1n) is 5.55. The molecule has 1 aromatic rings. The van der Waals surface area contributed by atoms with E-state index in [1.807, 2.05) is 13.8 Å². The smallest absolute Gasteiger partial charge is 0.179 e. The van der Waals surface area contributed by atoms with E-state index in [0.717, 1.165) is 0 Å². The zero-order valence-electron chi connectivity index (χ0n) is 10.4. The summed E-state index contributed by atoms with van der Waals surface area (Å²) in [6, 6.07) is 7.02. The molecule has 0 N–H and O–H groups in total. The van der Waals surface area contributed by atoms with Crippen LogP contribution in [-0.2, 0) is 10.8 Å². The summed E-state index contributed by atoms with van der Waals surface area (Å²) < 4.78 is 16.8. The van der Waals surface area contributed by atoms with E-state index in [1.54, 1.807) is 24.3 Å². The molecule has 0 fully saturated rings. The van der Waals surface area contributed by atoms with Crippen LogP contribution in [0, 0.1) is 5.92 Å². The lowest BCUT2D eigenvalue weighted by Crippen LogP contribution is -2.16. The summed E-state index contributed by atoms with van der Waals surface area (Å²) in [6.07, 6.45) is 0. The van der Waals surface area contributed by atoms with Crippen LogP contribution in [0.1, 0.15) is 24.2 Å². The van der Waals surface area contributed by atoms with Crippen LogP contribution in [0.25, 0.3) is 0 Å². The summed E-state index contributed by atoms with van der Waals surface area (Å²) >= 11 is 0. The average Bonchev–Trinajstić information content (AvgIpc) is 2.27. The number of ketones is 1. The Morgan fingerprint density at radius 3 is 2.59 bits per heavy atom. The van der Waals surface area contributed by atoms with Crippen LogP contribution in [0.4, 0.5) is 0 Å². The van der Waals surface area contributed by atoms with Gasteiger partial charge in [0.25, 0.3) is 0 Å². The zero-order valence-corrected chi connectivity index (χ0v) is 11.3. The second-order valence-electron chi connectivity index (χ2n) is 4.27. The number of carbonyl (C=O) groups excluding carboxylic acids is 1. The highest BCUT2D eigenvalue weighted by Crippen LogP contribution is 2.18. The average molecular weight is 254 g/mol. The molecule has 0 aromatic heterocycles. The lowest BCUT2D eigenvalue weighted by atomic mass is 10.1. The van der Waals surface area contributed by atoms with E-state index in [-0.39, 0.29) is 11.5 Å². The fraction of sp³-hybridized carbons (Fsp3) is 0.462. The van der Waals surface area contributed by atoms with Gasteiger partial charge in [-0.05, 0) is 18.1 Å². The predicted molar refractivity (Wildman–Crippen MR) is 70.0 cm³/mol. The normalized spacial score (nSPS) is 12.5. The van der Waals surface area contributed by atoms with E-state index in [1.165, 1.54) is 7.11 Å². The van der Waals surface area contributed by atoms with Crippen LogP contribution in [0.3, 0.4) is 0 Å². The Kier molecular flexibility index (Phi) is 5.35. The summed E-state index contributed by atoms with van der Waals surface area (Å²) in [4.78, 5) is 11.9. The van der Waals surface area contributed by atoms with Crippen LogP contribution >= 0.6 is 0 Å². The van der Waals surface area contributed by atoms with Crippen molar-refractivity contribution in [2.75, 3.05) is 18.6 Å². The van der Waals surface area contributed by atoms with Gasteiger partial charge in [0.05, 0.1) is 18.4 Å². The standard InChI is InChI=1S/C13H18O3S/c1-10(2)8-17(15)9-12(14)11-6-4-5-7-13(11)16-3/h4-7,10H,8-9H2,1-3H3. The molecule has 0 amide bonds. The Morgan fingerprint density at radius 1 is 1.35 bits per heavy atom. The number of carbonyl (C=O) groups is 1. The first kappa shape index (κ1) is 13.9. The van der Waals surface area contributed by atoms with E-state index in [4.69, 9.17) is 4.74 Å². The topological polar surface area (TPSA) is 43.4 Å². The van der Waals surface area contributed by atoms with Crippen molar-refractivity contribution in [1.82, 2.24) is 0 Å². The summed E-state index contributed by atoms with van der Waals surface area (Å²) in [5, 5.41) is 0. The second kappa shape index (κ2) is 6.55. The monoisotopic (exact) mass is 254 g/mol. The molecule has 0 saturated carbocycles. The predicted octanol–water partition coefficient (Wildman–Crippen LogP) is 2.28. The molecule has 0 aliphatic rings. The van der Waals surface area contributed by atoms with Crippen molar-refractivity contribution in [3.63, 3.8) is 0 Å². The summed E-state index contributed by atoms with van der Waals surface area (Å²) in [7, 11) is 0.429. The van der Waals surface area contributed by atoms with Crippen molar-refractivity contribution < 1.29 is 13.7 Å². The first-order chi connectivity index (χ1) is 8.04. The molecule has 0 saturated heterocycles. The molecule has 1 aromatic carbocycles. The molecule has 0 spiro atoms. The minimum absolute atomic E-state index is 0.0680. The SMILES string of the molecule is COc1ccccc1C(=O)CS(=O)CC(C)C. The number of hydrogen-bond donors (Lipinski definition) is 0. The lowest BCUT2D eigenvalue weighted by Gasteiger charge is -2.08. The first-order valence-corrected chi connectivity index (χ1v) is 7.04. The van der Waals surface area contributed by atoms with Gasteiger partial charge in [-0.25, -0.2) is 0 Å². The van der Waals surface area contributed by atoms with Crippen LogP contribution in [0.5, 0.6) is 5.75 Å². The number of Topliss-reactive ketones (excluding diaryl/α,β-unsaturated/α-hetero) is 1. The Balaban J connectivity index is 2.73. The Bertz CT molecular complexity index is 413. The number of hydrogen-bond acceptors (Lipinski definition) is 3. The maximum Gasteiger partial charge on any atom is 0.179 e. The molecule has 0 heterocycles. The number of methoxy groups -OCH3 is 1. The summed E-state index contributed by atoms with van der Waals surface area (Å²) in [6.45, 7) is 3.98. The molecule has 1 rings (SSSR count). The van der Waals surface area contributed by atoms with Crippen LogP contribution in [0.15, 0.2) is 24.3 Å². The maximum absolute atomic E-state index is 11.9. The third-order valence-electron chi connectivity index (χ3n) is 2.22. The van der Waals surface area contributed by atoms with Crippen molar-refractivity contribution in [3.05, 3.63) is 29.8 Å². The molecular formula is C13H18O3S. The Hall–Kier alpha value is -1.16. The minimum atomic E-state index is -1.10. The second-order valence-corrected chi connectivity index (χ2v) is 5.77. The van der Waals surface area contributed by atoms with Gasteiger partial charge in [-0.3, -0.25) is 9.00 Å². The molecule has 3 nitrogen and oxygen atoms in total. The lowest BCUT2D eigenvalue weighted by molar-refractivity contribution is 0.101. The van der Waals surface area contributed by atoms with Gasteiger partial charge in [0.15, 0.2) is 5.78 Å². The van der Waals surface area contributed by atoms with Gasteiger partial charge in [0.2, 0.25) is 0 Å². The molecule has 0 radical (unpaired) electrons. The third-order valence-corrected chi connectivity index (χ3v) is 3.84. The highest BCUT2D eigenvalue weighted by Gasteiger charge is 2.15. The molecule has 1 unspecified atom stereocenters. The van der Waals surface area contributed by atoms with Crippen molar-refractivity contribution in [2.24, 2.45) is 5.92 Å². The molecule has 4 heteroatoms. The summed E-state index contributed by atoms with van der Waals surface area (Å²) in [5.41, 5.74) is 0.507. The van der Waals surface area contributed by atoms with E-state index in [2.05, 4.69) is 0 Å². The van der Waals surface area contributed by atoms with Crippen molar-refractivity contribution in [2.45, 2.75) is 13.8 Å². The Morgan fingerprint density at radius 2 is 2.00 bits per heavy atom. The van der Waals surface area contributed by atoms with E-state index in [9.17, 15) is 9.00 Å². The van der Waals surface area contributed by atoms with Gasteiger partial charge in [-0.15, -0.1) is 0 Å². The molecular weight excluding hydrogens is 236 g/mol. The largest absolute Gasteiger partial charge is 0.496 e. The van der Waals surface area contributed by atoms with Crippen molar-refractivity contribution in [1.29, 1.82) is 0 Å². The maximum atomic E-state index is 11.9. The zero-order chi connectivity index (χ0) is 12.8. The van der Waals surface area contributed by atoms with E-state index in [0.29, 0.717) is 23.0 Å². The van der Waals surface area contributed by atoms with Gasteiger partial charge < -0.3 is 4.74 Å². The van der Waals surface area contributed by atoms with Gasteiger partial charge in [-0.2, -0.15) is 0 Å². The van der Waals surface area contributed by atoms with Crippen LogP contribution in [0.2, 0.25) is 0 Å². The molecule has 17 heavy (non-hydrogen) atoms. The highest BCUT2D eigenvalue weighted by atomic mass is 32.2. The molecule has 0 bridgehead atoms. The quantitative estimate of drug-likeness (QED) is 0.731. The van der Waals surface area contributed by atoms with Gasteiger partial charge >= 0.3 is 0 Å². The molecule has 94 valence electrons. The third kappa shape index (κ3) is 4.30. The number of benzene rings is 1. The van der Waals surface area contributed by atoms with Crippen LogP contribution in [-0.4, -0.2) is 28.6 Å². The van der Waals surface area contributed by atoms with Crippen molar-refractivity contribution in [3.8, 4) is 5.75 Å². The summed E-state index contributed by atoms with van der Waals surface area (Å²) in [5.74, 6) is 1.38. The number of ether oxygens (including phenoxy) is 1. The fourth-order valence-corrected chi connectivity index (χ4v) is 2.84. The molecule has 0 aliphatic carbocycles. The molecule has 1 atom stereocenters. The van der Waals surface area contributed by atoms with Gasteiger partial charge in [-0.1, -0.05) is 26.0 Å². The van der Waals surface area contributed by atoms with E-state index >= 15 is 0 Å². The minimum Gasteiger partial charge on any atom is -0.496 e. The number of rotatable bonds is 6. The van der Waals surface area contributed by atoms with E-state index < -0.39 is 10.8 Å². The molecule has 0 aliphatic heterocycles. The van der Waals surface area contributed by atoms with Gasteiger partial charge in [0.1, 0.15) is 5.75 Å². The Labute approximate surface area is 105 Å².